The monoisotopic (exact) mass is 404 g/mol. The Labute approximate surface area is 179 Å². The highest BCUT2D eigenvalue weighted by Crippen LogP contribution is 2.35. The van der Waals surface area contributed by atoms with Crippen molar-refractivity contribution in [3.05, 3.63) is 65.4 Å². The molecule has 0 unspecified atom stereocenters. The highest BCUT2D eigenvalue weighted by molar-refractivity contribution is 6.01. The number of H-pyrrole nitrogens is 1. The van der Waals surface area contributed by atoms with Crippen LogP contribution < -0.4 is 10.1 Å². The number of rotatable bonds is 6. The average molecular weight is 405 g/mol. The smallest absolute Gasteiger partial charge is 0.253 e. The topological polar surface area (TPSA) is 54.1 Å². The number of benzene rings is 1. The van der Waals surface area contributed by atoms with Gasteiger partial charge in [0, 0.05) is 17.8 Å². The van der Waals surface area contributed by atoms with Gasteiger partial charge in [-0.15, -0.1) is 0 Å². The Balaban J connectivity index is 1.37. The maximum absolute atomic E-state index is 13.0. The van der Waals surface area contributed by atoms with Gasteiger partial charge in [-0.2, -0.15) is 0 Å². The molecule has 1 amide bonds. The molecule has 1 aromatic heterocycles. The number of hydrogen-bond acceptors (Lipinski definition) is 2. The van der Waals surface area contributed by atoms with Crippen LogP contribution in [0.2, 0.25) is 0 Å². The lowest BCUT2D eigenvalue weighted by atomic mass is 9.77. The Kier molecular flexibility index (Phi) is 6.41. The Morgan fingerprint density at radius 2 is 1.97 bits per heavy atom. The number of aryl methyl sites for hydroxylation is 1. The van der Waals surface area contributed by atoms with E-state index in [0.29, 0.717) is 17.4 Å². The highest BCUT2D eigenvalue weighted by atomic mass is 16.5. The summed E-state index contributed by atoms with van der Waals surface area (Å²) in [6.45, 7) is 2.72. The third-order valence-electron chi connectivity index (χ3n) is 6.47. The minimum Gasteiger partial charge on any atom is -0.496 e. The summed E-state index contributed by atoms with van der Waals surface area (Å²) in [6.07, 6.45) is 14.2. The van der Waals surface area contributed by atoms with E-state index in [0.717, 1.165) is 29.2 Å². The minimum atomic E-state index is -0.0136. The van der Waals surface area contributed by atoms with Crippen molar-refractivity contribution in [3.63, 3.8) is 0 Å². The molecule has 30 heavy (non-hydrogen) atoms. The quantitative estimate of drug-likeness (QED) is 0.638. The summed E-state index contributed by atoms with van der Waals surface area (Å²) in [7, 11) is 1.66. The molecule has 2 aliphatic rings. The molecule has 0 radical (unpaired) electrons. The van der Waals surface area contributed by atoms with E-state index in [9.17, 15) is 4.79 Å². The largest absolute Gasteiger partial charge is 0.496 e. The number of nitrogens with one attached hydrogen (secondary N) is 2. The first-order valence-corrected chi connectivity index (χ1v) is 11.1. The van der Waals surface area contributed by atoms with E-state index in [1.165, 1.54) is 44.1 Å². The summed E-state index contributed by atoms with van der Waals surface area (Å²) in [5.74, 6) is 2.02. The summed E-state index contributed by atoms with van der Waals surface area (Å²) >= 11 is 0. The second kappa shape index (κ2) is 9.38. The van der Waals surface area contributed by atoms with Crippen LogP contribution in [-0.4, -0.2) is 24.5 Å². The van der Waals surface area contributed by atoms with Crippen LogP contribution in [0, 0.1) is 18.8 Å². The summed E-state index contributed by atoms with van der Waals surface area (Å²) in [6, 6.07) is 9.73. The van der Waals surface area contributed by atoms with Gasteiger partial charge in [0.15, 0.2) is 0 Å². The summed E-state index contributed by atoms with van der Waals surface area (Å²) in [4.78, 5) is 16.4. The van der Waals surface area contributed by atoms with Crippen LogP contribution in [0.5, 0.6) is 5.75 Å². The zero-order chi connectivity index (χ0) is 20.9. The van der Waals surface area contributed by atoms with Crippen molar-refractivity contribution in [1.82, 2.24) is 10.3 Å². The van der Waals surface area contributed by atoms with Crippen molar-refractivity contribution in [2.75, 3.05) is 13.7 Å². The van der Waals surface area contributed by atoms with Crippen molar-refractivity contribution in [2.24, 2.45) is 11.8 Å². The van der Waals surface area contributed by atoms with Gasteiger partial charge in [-0.1, -0.05) is 30.4 Å². The fraction of sp³-hybridized carbons (Fsp3) is 0.423. The van der Waals surface area contributed by atoms with Gasteiger partial charge in [0.05, 0.1) is 18.4 Å². The molecule has 158 valence electrons. The van der Waals surface area contributed by atoms with Gasteiger partial charge in [0.1, 0.15) is 5.75 Å². The molecule has 2 aromatic rings. The number of ether oxygens (including phenoxy) is 1. The number of methoxy groups -OCH3 is 1. The van der Waals surface area contributed by atoms with E-state index in [1.807, 2.05) is 37.3 Å². The maximum Gasteiger partial charge on any atom is 0.253 e. The van der Waals surface area contributed by atoms with E-state index >= 15 is 0 Å². The normalized spacial score (nSPS) is 21.2. The number of amides is 1. The molecule has 0 bridgehead atoms. The third kappa shape index (κ3) is 4.53. The van der Waals surface area contributed by atoms with Gasteiger partial charge >= 0.3 is 0 Å². The molecule has 4 nitrogen and oxygen atoms in total. The van der Waals surface area contributed by atoms with Crippen LogP contribution in [0.3, 0.4) is 0 Å². The van der Waals surface area contributed by atoms with Crippen LogP contribution in [0.25, 0.3) is 11.3 Å². The Morgan fingerprint density at radius 1 is 1.17 bits per heavy atom. The van der Waals surface area contributed by atoms with Gasteiger partial charge in [-0.3, -0.25) is 4.79 Å². The molecular formula is C26H32N2O2. The van der Waals surface area contributed by atoms with E-state index in [4.69, 9.17) is 4.74 Å². The third-order valence-corrected chi connectivity index (χ3v) is 6.47. The molecule has 1 saturated carbocycles. The molecule has 1 heterocycles. The maximum atomic E-state index is 13.0. The fourth-order valence-corrected chi connectivity index (χ4v) is 4.80. The van der Waals surface area contributed by atoms with Crippen LogP contribution in [-0.2, 0) is 0 Å². The number of allylic oxidation sites excluding steroid dienone is 4. The molecule has 0 aliphatic heterocycles. The molecule has 2 N–H and O–H groups in total. The molecular weight excluding hydrogens is 372 g/mol. The van der Waals surface area contributed by atoms with E-state index < -0.39 is 0 Å². The molecule has 0 saturated heterocycles. The lowest BCUT2D eigenvalue weighted by molar-refractivity contribution is 0.0943. The molecule has 1 aromatic carbocycles. The van der Waals surface area contributed by atoms with Crippen molar-refractivity contribution in [2.45, 2.75) is 45.4 Å². The lowest BCUT2D eigenvalue weighted by Crippen LogP contribution is -2.31. The minimum absolute atomic E-state index is 0.0136. The second-order valence-electron chi connectivity index (χ2n) is 8.55. The van der Waals surface area contributed by atoms with Crippen LogP contribution in [0.15, 0.2) is 54.1 Å². The molecule has 1 fully saturated rings. The SMILES string of the molecule is COc1ccccc1-c1[nH]c(C)cc1C(=O)NCC1CCC(C2=CCCC=C2)CC1. The first kappa shape index (κ1) is 20.5. The Hall–Kier alpha value is -2.75. The standard InChI is InChI=1S/C26H32N2O2/c1-18-16-23(25(28-18)22-10-6-7-11-24(22)30-2)26(29)27-17-19-12-14-21(15-13-19)20-8-4-3-5-9-20/h4,6-11,16,19,21,28H,3,5,12-15,17H2,1-2H3,(H,27,29). The first-order valence-electron chi connectivity index (χ1n) is 11.1. The Morgan fingerprint density at radius 3 is 2.70 bits per heavy atom. The zero-order valence-electron chi connectivity index (χ0n) is 18.0. The summed E-state index contributed by atoms with van der Waals surface area (Å²) < 4.78 is 5.50. The molecule has 2 aliphatic carbocycles. The van der Waals surface area contributed by atoms with Crippen molar-refractivity contribution in [1.29, 1.82) is 0 Å². The van der Waals surface area contributed by atoms with Gasteiger partial charge in [0.25, 0.3) is 5.91 Å². The van der Waals surface area contributed by atoms with Gasteiger partial charge < -0.3 is 15.0 Å². The van der Waals surface area contributed by atoms with Gasteiger partial charge in [-0.05, 0) is 81.1 Å². The van der Waals surface area contributed by atoms with E-state index in [1.54, 1.807) is 7.11 Å². The molecule has 0 spiro atoms. The van der Waals surface area contributed by atoms with Crippen molar-refractivity contribution >= 4 is 5.91 Å². The number of hydrogen-bond donors (Lipinski definition) is 2. The molecule has 0 atom stereocenters. The predicted octanol–water partition coefficient (Wildman–Crippen LogP) is 5.81. The van der Waals surface area contributed by atoms with Crippen LogP contribution in [0.4, 0.5) is 0 Å². The number of carbonyl (C=O) groups is 1. The number of aromatic nitrogens is 1. The van der Waals surface area contributed by atoms with Crippen LogP contribution in [0.1, 0.15) is 54.6 Å². The first-order chi connectivity index (χ1) is 14.7. The molecule has 4 heteroatoms. The van der Waals surface area contributed by atoms with Gasteiger partial charge in [0.2, 0.25) is 0 Å². The number of aromatic amines is 1. The van der Waals surface area contributed by atoms with Crippen molar-refractivity contribution in [3.8, 4) is 17.0 Å². The summed E-state index contributed by atoms with van der Waals surface area (Å²) in [5.41, 5.74) is 4.92. The zero-order valence-corrected chi connectivity index (χ0v) is 18.0. The predicted molar refractivity (Wildman–Crippen MR) is 122 cm³/mol. The van der Waals surface area contributed by atoms with Crippen LogP contribution >= 0.6 is 0 Å². The van der Waals surface area contributed by atoms with E-state index in [-0.39, 0.29) is 5.91 Å². The lowest BCUT2D eigenvalue weighted by Gasteiger charge is -2.30. The summed E-state index contributed by atoms with van der Waals surface area (Å²) in [5, 5.41) is 3.20. The van der Waals surface area contributed by atoms with Crippen molar-refractivity contribution < 1.29 is 9.53 Å². The highest BCUT2D eigenvalue weighted by Gasteiger charge is 2.24. The average Bonchev–Trinajstić information content (AvgIpc) is 3.20. The van der Waals surface area contributed by atoms with E-state index in [2.05, 4.69) is 28.5 Å². The second-order valence-corrected chi connectivity index (χ2v) is 8.55. The number of carbonyl (C=O) groups excluding carboxylic acids is 1. The molecule has 4 rings (SSSR count). The fourth-order valence-electron chi connectivity index (χ4n) is 4.80. The Bertz CT molecular complexity index is 946. The number of para-hydroxylation sites is 1. The van der Waals surface area contributed by atoms with Gasteiger partial charge in [-0.25, -0.2) is 0 Å².